The Morgan fingerprint density at radius 3 is 2.16 bits per heavy atom. The van der Waals surface area contributed by atoms with Gasteiger partial charge in [0.1, 0.15) is 0 Å². The van der Waals surface area contributed by atoms with E-state index in [2.05, 4.69) is 22.9 Å². The van der Waals surface area contributed by atoms with Gasteiger partial charge in [-0.25, -0.2) is 4.39 Å². The summed E-state index contributed by atoms with van der Waals surface area (Å²) in [6.07, 6.45) is 8.34. The van der Waals surface area contributed by atoms with Crippen molar-refractivity contribution in [1.82, 2.24) is 0 Å². The molecule has 2 aromatic rings. The van der Waals surface area contributed by atoms with E-state index in [1.165, 1.54) is 32.6 Å². The van der Waals surface area contributed by atoms with Crippen LogP contribution < -0.4 is 21.7 Å². The van der Waals surface area contributed by atoms with E-state index in [9.17, 15) is 14.0 Å². The minimum atomic E-state index is -0.589. The van der Waals surface area contributed by atoms with Crippen molar-refractivity contribution in [3.05, 3.63) is 47.8 Å². The van der Waals surface area contributed by atoms with Crippen molar-refractivity contribution in [2.45, 2.75) is 71.8 Å². The molecule has 0 bridgehead atoms. The number of hydrogen-bond donors (Lipinski definition) is 4. The number of unbranched alkanes of at least 4 members (excludes halogenated alkanes) is 6. The van der Waals surface area contributed by atoms with E-state index in [-0.39, 0.29) is 23.2 Å². The molecule has 6 nitrogen and oxygen atoms in total. The smallest absolute Gasteiger partial charge is 0.224 e. The number of amides is 2. The average Bonchev–Trinajstić information content (AvgIpc) is 2.76. The number of anilines is 4. The van der Waals surface area contributed by atoms with Crippen LogP contribution in [0.3, 0.4) is 0 Å². The molecule has 2 rings (SSSR count). The first-order valence-electron chi connectivity index (χ1n) is 11.4. The number of benzene rings is 2. The molecule has 0 radical (unpaired) electrons. The van der Waals surface area contributed by atoms with Gasteiger partial charge >= 0.3 is 0 Å². The molecule has 2 amide bonds. The van der Waals surface area contributed by atoms with Gasteiger partial charge in [0.2, 0.25) is 11.8 Å². The van der Waals surface area contributed by atoms with Crippen LogP contribution in [0.1, 0.15) is 70.8 Å². The molecule has 0 fully saturated rings. The van der Waals surface area contributed by atoms with E-state index in [1.54, 1.807) is 24.3 Å². The lowest BCUT2D eigenvalue weighted by atomic mass is 10.1. The summed E-state index contributed by atoms with van der Waals surface area (Å²) >= 11 is 0. The molecule has 5 N–H and O–H groups in total. The standard InChI is InChI=1S/C25H35FN4O2/c1-3-4-5-6-7-8-9-10-23(32)30-22-16-15-21(24(26)25(22)27)28-17-19-11-13-20(14-12-19)29-18(2)31/h11-16,28H,3-10,17,27H2,1-2H3,(H,29,31)(H,30,32). The maximum atomic E-state index is 14.7. The molecular weight excluding hydrogens is 407 g/mol. The molecule has 7 heteroatoms. The van der Waals surface area contributed by atoms with Crippen molar-refractivity contribution in [1.29, 1.82) is 0 Å². The topological polar surface area (TPSA) is 96.2 Å². The highest BCUT2D eigenvalue weighted by atomic mass is 19.1. The lowest BCUT2D eigenvalue weighted by Gasteiger charge is -2.13. The van der Waals surface area contributed by atoms with E-state index >= 15 is 0 Å². The summed E-state index contributed by atoms with van der Waals surface area (Å²) in [5.41, 5.74) is 8.02. The van der Waals surface area contributed by atoms with Crippen LogP contribution in [0.5, 0.6) is 0 Å². The highest BCUT2D eigenvalue weighted by Crippen LogP contribution is 2.28. The third kappa shape index (κ3) is 8.57. The quantitative estimate of drug-likeness (QED) is 0.224. The molecule has 0 saturated carbocycles. The summed E-state index contributed by atoms with van der Waals surface area (Å²) < 4.78 is 14.7. The zero-order valence-corrected chi connectivity index (χ0v) is 19.1. The highest BCUT2D eigenvalue weighted by molar-refractivity contribution is 5.94. The number of halogens is 1. The number of nitrogens with two attached hydrogens (primary N) is 1. The number of nitrogens with one attached hydrogen (secondary N) is 3. The predicted molar refractivity (Wildman–Crippen MR) is 130 cm³/mol. The van der Waals surface area contributed by atoms with Gasteiger partial charge in [0.25, 0.3) is 0 Å². The van der Waals surface area contributed by atoms with Crippen molar-refractivity contribution in [3.8, 4) is 0 Å². The number of rotatable bonds is 13. The van der Waals surface area contributed by atoms with E-state index in [0.29, 0.717) is 24.3 Å². The molecule has 2 aromatic carbocycles. The maximum absolute atomic E-state index is 14.7. The van der Waals surface area contributed by atoms with Crippen LogP contribution in [0, 0.1) is 5.82 Å². The SMILES string of the molecule is CCCCCCCCCC(=O)Nc1ccc(NCc2ccc(NC(C)=O)cc2)c(F)c1N. The Balaban J connectivity index is 1.82. The summed E-state index contributed by atoms with van der Waals surface area (Å²) in [5, 5.41) is 8.44. The van der Waals surface area contributed by atoms with Crippen molar-refractivity contribution in [3.63, 3.8) is 0 Å². The lowest BCUT2D eigenvalue weighted by Crippen LogP contribution is -2.14. The second-order valence-corrected chi connectivity index (χ2v) is 8.04. The van der Waals surface area contributed by atoms with Gasteiger partial charge in [-0.3, -0.25) is 9.59 Å². The molecule has 0 atom stereocenters. The average molecular weight is 443 g/mol. The first-order chi connectivity index (χ1) is 15.4. The first-order valence-corrected chi connectivity index (χ1v) is 11.4. The van der Waals surface area contributed by atoms with Crippen LogP contribution in [0.4, 0.5) is 27.1 Å². The minimum absolute atomic E-state index is 0.0797. The first kappa shape index (κ1) is 25.2. The van der Waals surface area contributed by atoms with Crippen molar-refractivity contribution in [2.75, 3.05) is 21.7 Å². The van der Waals surface area contributed by atoms with Crippen LogP contribution in [0.2, 0.25) is 0 Å². The fraction of sp³-hybridized carbons (Fsp3) is 0.440. The fourth-order valence-corrected chi connectivity index (χ4v) is 3.40. The minimum Gasteiger partial charge on any atom is -0.395 e. The van der Waals surface area contributed by atoms with Crippen LogP contribution in [-0.4, -0.2) is 11.8 Å². The van der Waals surface area contributed by atoms with E-state index < -0.39 is 5.82 Å². The number of nitrogen functional groups attached to an aromatic ring is 1. The Morgan fingerprint density at radius 2 is 1.50 bits per heavy atom. The molecule has 0 unspecified atom stereocenters. The summed E-state index contributed by atoms with van der Waals surface area (Å²) in [7, 11) is 0. The normalized spacial score (nSPS) is 10.6. The van der Waals surface area contributed by atoms with Gasteiger partial charge in [-0.05, 0) is 36.2 Å². The Bertz CT molecular complexity index is 884. The fourth-order valence-electron chi connectivity index (χ4n) is 3.40. The Morgan fingerprint density at radius 1 is 0.875 bits per heavy atom. The zero-order chi connectivity index (χ0) is 23.3. The molecule has 174 valence electrons. The molecule has 0 heterocycles. The predicted octanol–water partition coefficient (Wildman–Crippen LogP) is 6.06. The molecular formula is C25H35FN4O2. The van der Waals surface area contributed by atoms with Crippen molar-refractivity contribution in [2.24, 2.45) is 0 Å². The largest absolute Gasteiger partial charge is 0.395 e. The van der Waals surface area contributed by atoms with E-state index in [1.807, 2.05) is 12.1 Å². The van der Waals surface area contributed by atoms with Crippen LogP contribution in [0.25, 0.3) is 0 Å². The van der Waals surface area contributed by atoms with Crippen LogP contribution in [0.15, 0.2) is 36.4 Å². The third-order valence-corrected chi connectivity index (χ3v) is 5.22. The van der Waals surface area contributed by atoms with Gasteiger partial charge in [-0.15, -0.1) is 0 Å². The molecule has 32 heavy (non-hydrogen) atoms. The van der Waals surface area contributed by atoms with Gasteiger partial charge in [0.05, 0.1) is 17.1 Å². The monoisotopic (exact) mass is 442 g/mol. The van der Waals surface area contributed by atoms with E-state index in [4.69, 9.17) is 5.73 Å². The molecule has 0 aliphatic heterocycles. The molecule has 0 saturated heterocycles. The molecule has 0 aliphatic rings. The van der Waals surface area contributed by atoms with Gasteiger partial charge in [-0.1, -0.05) is 57.6 Å². The Kier molecular flexibility index (Phi) is 10.5. The number of carbonyl (C=O) groups excluding carboxylic acids is 2. The third-order valence-electron chi connectivity index (χ3n) is 5.22. The van der Waals surface area contributed by atoms with Crippen LogP contribution >= 0.6 is 0 Å². The number of carbonyl (C=O) groups is 2. The van der Waals surface area contributed by atoms with Crippen LogP contribution in [-0.2, 0) is 16.1 Å². The van der Waals surface area contributed by atoms with Gasteiger partial charge in [0, 0.05) is 25.6 Å². The second kappa shape index (κ2) is 13.3. The van der Waals surface area contributed by atoms with Crippen molar-refractivity contribution >= 4 is 34.6 Å². The maximum Gasteiger partial charge on any atom is 0.224 e. The summed E-state index contributed by atoms with van der Waals surface area (Å²) in [6, 6.07) is 10.4. The number of hydrogen-bond acceptors (Lipinski definition) is 4. The Hall–Kier alpha value is -3.09. The summed E-state index contributed by atoms with van der Waals surface area (Å²) in [5.74, 6) is -0.874. The van der Waals surface area contributed by atoms with Gasteiger partial charge in [0.15, 0.2) is 5.82 Å². The Labute approximate surface area is 190 Å². The summed E-state index contributed by atoms with van der Waals surface area (Å²) in [6.45, 7) is 4.03. The van der Waals surface area contributed by atoms with Gasteiger partial charge in [-0.2, -0.15) is 0 Å². The highest BCUT2D eigenvalue weighted by Gasteiger charge is 2.13. The second-order valence-electron chi connectivity index (χ2n) is 8.04. The molecule has 0 aliphatic carbocycles. The van der Waals surface area contributed by atoms with Crippen molar-refractivity contribution < 1.29 is 14.0 Å². The lowest BCUT2D eigenvalue weighted by molar-refractivity contribution is -0.116. The van der Waals surface area contributed by atoms with E-state index in [0.717, 1.165) is 24.8 Å². The molecule has 0 spiro atoms. The molecule has 0 aromatic heterocycles. The zero-order valence-electron chi connectivity index (χ0n) is 19.1. The van der Waals surface area contributed by atoms with Gasteiger partial charge < -0.3 is 21.7 Å². The summed E-state index contributed by atoms with van der Waals surface area (Å²) in [4.78, 5) is 23.2.